The number of amides is 1. The van der Waals surface area contributed by atoms with E-state index in [0.717, 1.165) is 32.9 Å². The Bertz CT molecular complexity index is 1050. The van der Waals surface area contributed by atoms with Crippen LogP contribution >= 0.6 is 11.8 Å². The third-order valence-corrected chi connectivity index (χ3v) is 5.45. The number of nitrogens with zero attached hydrogens (tertiary/aromatic N) is 3. The van der Waals surface area contributed by atoms with Gasteiger partial charge in [0.2, 0.25) is 11.8 Å². The minimum Gasteiger partial charge on any atom is -0.494 e. The highest BCUT2D eigenvalue weighted by atomic mass is 32.2. The van der Waals surface area contributed by atoms with E-state index in [2.05, 4.69) is 10.3 Å². The van der Waals surface area contributed by atoms with Crippen molar-refractivity contribution in [2.45, 2.75) is 27.2 Å². The van der Waals surface area contributed by atoms with Gasteiger partial charge in [-0.15, -0.1) is 0 Å². The van der Waals surface area contributed by atoms with E-state index in [4.69, 9.17) is 0 Å². The molecule has 0 saturated carbocycles. The largest absolute Gasteiger partial charge is 0.494 e. The van der Waals surface area contributed by atoms with Gasteiger partial charge in [-0.1, -0.05) is 44.7 Å². The van der Waals surface area contributed by atoms with Crippen molar-refractivity contribution in [3.63, 3.8) is 0 Å². The maximum absolute atomic E-state index is 12.7. The van der Waals surface area contributed by atoms with Gasteiger partial charge < -0.3 is 10.4 Å². The SMILES string of the molecule is CCc1ccc(N=C(SCC(=O)NCC(C)C)c2c(O)n(C)c(=O)n(C)c2=O)cc1. The zero-order valence-electron chi connectivity index (χ0n) is 17.9. The van der Waals surface area contributed by atoms with Crippen LogP contribution < -0.4 is 16.6 Å². The number of carbonyl (C=O) groups is 1. The van der Waals surface area contributed by atoms with Crippen LogP contribution in [-0.4, -0.2) is 37.5 Å². The molecule has 1 aromatic carbocycles. The summed E-state index contributed by atoms with van der Waals surface area (Å²) in [4.78, 5) is 41.5. The van der Waals surface area contributed by atoms with E-state index in [-0.39, 0.29) is 22.3 Å². The Morgan fingerprint density at radius 2 is 1.80 bits per heavy atom. The van der Waals surface area contributed by atoms with Crippen LogP contribution in [0.3, 0.4) is 0 Å². The summed E-state index contributed by atoms with van der Waals surface area (Å²) >= 11 is 1.04. The predicted octanol–water partition coefficient (Wildman–Crippen LogP) is 1.94. The molecule has 0 bridgehead atoms. The Morgan fingerprint density at radius 3 is 2.37 bits per heavy atom. The summed E-state index contributed by atoms with van der Waals surface area (Å²) in [6.45, 7) is 6.57. The molecule has 0 fully saturated rings. The molecule has 9 heteroatoms. The van der Waals surface area contributed by atoms with E-state index in [0.29, 0.717) is 18.2 Å². The number of nitrogens with one attached hydrogen (secondary N) is 1. The Labute approximate surface area is 179 Å². The Balaban J connectivity index is 2.49. The number of aromatic nitrogens is 2. The molecule has 8 nitrogen and oxygen atoms in total. The summed E-state index contributed by atoms with van der Waals surface area (Å²) in [7, 11) is 2.70. The fourth-order valence-corrected chi connectivity index (χ4v) is 3.47. The molecule has 1 heterocycles. The number of thioether (sulfide) groups is 1. The molecule has 1 amide bonds. The predicted molar refractivity (Wildman–Crippen MR) is 121 cm³/mol. The van der Waals surface area contributed by atoms with E-state index in [1.54, 1.807) is 0 Å². The van der Waals surface area contributed by atoms with Crippen molar-refractivity contribution in [2.24, 2.45) is 25.0 Å². The van der Waals surface area contributed by atoms with E-state index in [1.807, 2.05) is 45.0 Å². The van der Waals surface area contributed by atoms with Crippen molar-refractivity contribution in [3.8, 4) is 5.88 Å². The van der Waals surface area contributed by atoms with Crippen molar-refractivity contribution in [2.75, 3.05) is 12.3 Å². The summed E-state index contributed by atoms with van der Waals surface area (Å²) in [6.07, 6.45) is 0.879. The second-order valence-corrected chi connectivity index (χ2v) is 8.29. The third-order valence-electron chi connectivity index (χ3n) is 4.47. The Morgan fingerprint density at radius 1 is 1.17 bits per heavy atom. The summed E-state index contributed by atoms with van der Waals surface area (Å²) < 4.78 is 1.88. The lowest BCUT2D eigenvalue weighted by Gasteiger charge is -2.13. The number of aliphatic imine (C=N–C) groups is 1. The molecule has 2 aromatic rings. The second-order valence-electron chi connectivity index (χ2n) is 7.33. The average molecular weight is 433 g/mol. The molecule has 30 heavy (non-hydrogen) atoms. The molecule has 0 saturated heterocycles. The molecule has 0 aliphatic carbocycles. The monoisotopic (exact) mass is 432 g/mol. The van der Waals surface area contributed by atoms with Crippen molar-refractivity contribution in [1.82, 2.24) is 14.5 Å². The molecule has 0 radical (unpaired) electrons. The molecule has 0 unspecified atom stereocenters. The van der Waals surface area contributed by atoms with Crippen molar-refractivity contribution < 1.29 is 9.90 Å². The minimum atomic E-state index is -0.672. The average Bonchev–Trinajstić information content (AvgIpc) is 2.73. The number of hydrogen-bond donors (Lipinski definition) is 2. The van der Waals surface area contributed by atoms with Gasteiger partial charge in [0, 0.05) is 20.6 Å². The first-order valence-electron chi connectivity index (χ1n) is 9.72. The van der Waals surface area contributed by atoms with Gasteiger partial charge in [-0.05, 0) is 30.0 Å². The highest BCUT2D eigenvalue weighted by Gasteiger charge is 2.21. The van der Waals surface area contributed by atoms with Crippen LogP contribution in [0.15, 0.2) is 38.8 Å². The smallest absolute Gasteiger partial charge is 0.333 e. The molecule has 0 spiro atoms. The summed E-state index contributed by atoms with van der Waals surface area (Å²) in [5.74, 6) is -0.362. The van der Waals surface area contributed by atoms with Crippen LogP contribution in [0.1, 0.15) is 31.9 Å². The number of aromatic hydroxyl groups is 1. The maximum atomic E-state index is 12.7. The molecule has 2 N–H and O–H groups in total. The first-order valence-corrected chi connectivity index (χ1v) is 10.7. The number of hydrogen-bond acceptors (Lipinski definition) is 6. The molecule has 0 aliphatic heterocycles. The van der Waals surface area contributed by atoms with Gasteiger partial charge in [0.1, 0.15) is 10.6 Å². The van der Waals surface area contributed by atoms with E-state index in [1.165, 1.54) is 14.1 Å². The summed E-state index contributed by atoms with van der Waals surface area (Å²) in [5.41, 5.74) is 0.285. The molecule has 0 aliphatic rings. The standard InChI is InChI=1S/C21H28N4O4S/c1-6-14-7-9-15(10-8-14)23-18(30-12-16(26)22-11-13(2)3)17-19(27)24(4)21(29)25(5)20(17)28/h7-10,13,27H,6,11-12H2,1-5H3,(H,22,26). The van der Waals surface area contributed by atoms with Crippen LogP contribution in [0.4, 0.5) is 5.69 Å². The van der Waals surface area contributed by atoms with Gasteiger partial charge in [0.25, 0.3) is 5.56 Å². The van der Waals surface area contributed by atoms with Gasteiger partial charge in [-0.25, -0.2) is 9.79 Å². The number of benzene rings is 1. The van der Waals surface area contributed by atoms with Crippen LogP contribution in [0.25, 0.3) is 0 Å². The van der Waals surface area contributed by atoms with Crippen molar-refractivity contribution >= 4 is 28.4 Å². The molecule has 0 atom stereocenters. The fraction of sp³-hybridized carbons (Fsp3) is 0.429. The highest BCUT2D eigenvalue weighted by molar-refractivity contribution is 8.15. The lowest BCUT2D eigenvalue weighted by molar-refractivity contribution is -0.118. The number of carbonyl (C=O) groups excluding carboxylic acids is 1. The van der Waals surface area contributed by atoms with E-state index >= 15 is 0 Å². The van der Waals surface area contributed by atoms with Crippen LogP contribution in [0.5, 0.6) is 5.88 Å². The van der Waals surface area contributed by atoms with Gasteiger partial charge in [-0.2, -0.15) is 0 Å². The van der Waals surface area contributed by atoms with E-state index in [9.17, 15) is 19.5 Å². The Kier molecular flexibility index (Phi) is 8.05. The topological polar surface area (TPSA) is 106 Å². The fourth-order valence-electron chi connectivity index (χ4n) is 2.61. The summed E-state index contributed by atoms with van der Waals surface area (Å²) in [5, 5.41) is 13.5. The minimum absolute atomic E-state index is 0.0179. The maximum Gasteiger partial charge on any atom is 0.333 e. The lowest BCUT2D eigenvalue weighted by Crippen LogP contribution is -2.40. The quantitative estimate of drug-likeness (QED) is 0.514. The molecular formula is C21H28N4O4S. The second kappa shape index (κ2) is 10.3. The van der Waals surface area contributed by atoms with Gasteiger partial charge >= 0.3 is 5.69 Å². The summed E-state index contributed by atoms with van der Waals surface area (Å²) in [6, 6.07) is 7.47. The normalized spacial score (nSPS) is 11.7. The van der Waals surface area contributed by atoms with Crippen molar-refractivity contribution in [3.05, 3.63) is 56.2 Å². The van der Waals surface area contributed by atoms with Gasteiger partial charge in [-0.3, -0.25) is 18.7 Å². The number of rotatable bonds is 7. The molecule has 162 valence electrons. The van der Waals surface area contributed by atoms with Gasteiger partial charge in [0.15, 0.2) is 0 Å². The number of aryl methyl sites for hydroxylation is 1. The first-order chi connectivity index (χ1) is 14.1. The van der Waals surface area contributed by atoms with Crippen LogP contribution in [0.2, 0.25) is 0 Å². The highest BCUT2D eigenvalue weighted by Crippen LogP contribution is 2.23. The van der Waals surface area contributed by atoms with Crippen LogP contribution in [-0.2, 0) is 25.3 Å². The molecular weight excluding hydrogens is 404 g/mol. The Hall–Kier alpha value is -2.81. The zero-order chi connectivity index (χ0) is 22.4. The zero-order valence-corrected chi connectivity index (χ0v) is 18.7. The first kappa shape index (κ1) is 23.5. The van der Waals surface area contributed by atoms with Crippen LogP contribution in [0, 0.1) is 5.92 Å². The molecule has 2 rings (SSSR count). The van der Waals surface area contributed by atoms with Gasteiger partial charge in [0.05, 0.1) is 11.4 Å². The third kappa shape index (κ3) is 5.63. The molecule has 1 aromatic heterocycles. The van der Waals surface area contributed by atoms with Crippen molar-refractivity contribution in [1.29, 1.82) is 0 Å². The lowest BCUT2D eigenvalue weighted by atomic mass is 10.1. The van der Waals surface area contributed by atoms with E-state index < -0.39 is 17.1 Å².